The number of ether oxygens (including phenoxy) is 1. The lowest BCUT2D eigenvalue weighted by molar-refractivity contribution is -0.389. The van der Waals surface area contributed by atoms with Crippen LogP contribution in [-0.2, 0) is 14.9 Å². The van der Waals surface area contributed by atoms with E-state index in [1.807, 2.05) is 0 Å². The lowest BCUT2D eigenvalue weighted by atomic mass is 9.69. The third kappa shape index (κ3) is 4.91. The van der Waals surface area contributed by atoms with Crippen molar-refractivity contribution in [2.24, 2.45) is 0 Å². The van der Waals surface area contributed by atoms with Crippen LogP contribution in [0.1, 0.15) is 36.7 Å². The quantitative estimate of drug-likeness (QED) is 0.282. The number of aromatic nitrogens is 2. The second-order valence-corrected chi connectivity index (χ2v) is 10.9. The van der Waals surface area contributed by atoms with E-state index in [1.165, 1.54) is 10.9 Å². The first kappa shape index (κ1) is 26.6. The molecule has 2 N–H and O–H groups in total. The summed E-state index contributed by atoms with van der Waals surface area (Å²) < 4.78 is 6.85. The number of carbonyl (C=O) groups is 3. The summed E-state index contributed by atoms with van der Waals surface area (Å²) in [5, 5.41) is 21.8. The number of hydrogen-bond donors (Lipinski definition) is 2. The van der Waals surface area contributed by atoms with Gasteiger partial charge in [-0.3, -0.25) is 9.59 Å². The van der Waals surface area contributed by atoms with Crippen LogP contribution in [0.15, 0.2) is 61.3 Å². The van der Waals surface area contributed by atoms with E-state index in [4.69, 9.17) is 4.74 Å². The Morgan fingerprint density at radius 1 is 1.20 bits per heavy atom. The van der Waals surface area contributed by atoms with Gasteiger partial charge in [0.05, 0.1) is 17.0 Å². The van der Waals surface area contributed by atoms with Gasteiger partial charge in [-0.15, -0.1) is 4.68 Å². The van der Waals surface area contributed by atoms with Crippen molar-refractivity contribution in [3.05, 3.63) is 82.6 Å². The number of fused-ring (bicyclic) bond motifs is 2. The smallest absolute Gasteiger partial charge is 0.410 e. The number of nitrogens with one attached hydrogen (secondary N) is 2. The number of benzene rings is 2. The van der Waals surface area contributed by atoms with Gasteiger partial charge >= 0.3 is 11.9 Å². The van der Waals surface area contributed by atoms with Crippen LogP contribution >= 0.6 is 0 Å². The van der Waals surface area contributed by atoms with Crippen LogP contribution in [0.5, 0.6) is 0 Å². The highest BCUT2D eigenvalue weighted by molar-refractivity contribution is 5.99. The third-order valence-corrected chi connectivity index (χ3v) is 6.80. The van der Waals surface area contributed by atoms with Gasteiger partial charge in [0.25, 0.3) is 5.91 Å². The molecule has 12 heteroatoms. The second-order valence-electron chi connectivity index (χ2n) is 10.9. The summed E-state index contributed by atoms with van der Waals surface area (Å²) in [5.41, 5.74) is 1.74. The first-order chi connectivity index (χ1) is 18.9. The van der Waals surface area contributed by atoms with Gasteiger partial charge in [-0.05, 0) is 73.2 Å². The molecule has 40 heavy (non-hydrogen) atoms. The molecule has 5 rings (SSSR count). The zero-order chi connectivity index (χ0) is 28.8. The van der Waals surface area contributed by atoms with E-state index in [0.29, 0.717) is 47.7 Å². The van der Waals surface area contributed by atoms with Crippen molar-refractivity contribution < 1.29 is 24.0 Å². The van der Waals surface area contributed by atoms with Crippen LogP contribution in [0, 0.1) is 10.1 Å². The zero-order valence-corrected chi connectivity index (χ0v) is 22.3. The fourth-order valence-electron chi connectivity index (χ4n) is 4.97. The van der Waals surface area contributed by atoms with E-state index < -0.39 is 27.9 Å². The topological polar surface area (TPSA) is 149 Å². The summed E-state index contributed by atoms with van der Waals surface area (Å²) in [6.07, 6.45) is 2.25. The Kier molecular flexibility index (Phi) is 6.41. The summed E-state index contributed by atoms with van der Waals surface area (Å²) >= 11 is 0. The van der Waals surface area contributed by atoms with Gasteiger partial charge in [0.2, 0.25) is 5.91 Å². The molecule has 0 saturated carbocycles. The Balaban J connectivity index is 1.50. The summed E-state index contributed by atoms with van der Waals surface area (Å²) in [6.45, 7) is 9.82. The van der Waals surface area contributed by atoms with E-state index in [2.05, 4.69) is 22.3 Å². The first-order valence-electron chi connectivity index (χ1n) is 12.6. The summed E-state index contributed by atoms with van der Waals surface area (Å²) in [6, 6.07) is 11.8. The molecule has 0 aliphatic carbocycles. The molecule has 1 spiro atoms. The molecule has 1 fully saturated rings. The predicted molar refractivity (Wildman–Crippen MR) is 146 cm³/mol. The Morgan fingerprint density at radius 3 is 2.62 bits per heavy atom. The minimum Gasteiger partial charge on any atom is -0.444 e. The number of amides is 3. The standard InChI is InChI=1S/C28H28N6O6/c1-5-23(35)30-18-7-6-8-19(12-18)33-13-21(24(31-33)34(38)39)17-9-10-20-22(11-17)28(14-29-25(20)36)15-32(16-28)26(37)40-27(2,3)4/h5-13H,1,14-16H2,2-4H3,(H,29,36)(H,30,35). The summed E-state index contributed by atoms with van der Waals surface area (Å²) in [7, 11) is 0. The number of nitrogens with zero attached hydrogens (tertiary/aromatic N) is 4. The normalized spacial score (nSPS) is 15.5. The molecule has 1 aromatic heterocycles. The molecule has 1 saturated heterocycles. The third-order valence-electron chi connectivity index (χ3n) is 6.80. The van der Waals surface area contributed by atoms with Crippen molar-refractivity contribution in [3.63, 3.8) is 0 Å². The maximum Gasteiger partial charge on any atom is 0.410 e. The van der Waals surface area contributed by atoms with E-state index in [1.54, 1.807) is 68.1 Å². The monoisotopic (exact) mass is 544 g/mol. The first-order valence-corrected chi connectivity index (χ1v) is 12.6. The van der Waals surface area contributed by atoms with Crippen LogP contribution in [0.2, 0.25) is 0 Å². The molecule has 2 aliphatic heterocycles. The highest BCUT2D eigenvalue weighted by atomic mass is 16.6. The van der Waals surface area contributed by atoms with Gasteiger partial charge in [-0.2, -0.15) is 0 Å². The maximum atomic E-state index is 12.7. The molecule has 2 aliphatic rings. The van der Waals surface area contributed by atoms with Crippen molar-refractivity contribution in [1.29, 1.82) is 0 Å². The summed E-state index contributed by atoms with van der Waals surface area (Å²) in [4.78, 5) is 50.0. The minimum atomic E-state index is -0.637. The molecule has 206 valence electrons. The minimum absolute atomic E-state index is 0.244. The fraction of sp³-hybridized carbons (Fsp3) is 0.286. The number of anilines is 1. The molecule has 3 heterocycles. The molecule has 3 amide bonds. The average molecular weight is 545 g/mol. The SMILES string of the molecule is C=CC(=O)Nc1cccc(-n2cc(-c3ccc4c(c3)C3(CNC4=O)CN(C(=O)OC(C)(C)C)C3)c([N+](=O)[O-])n2)c1. The average Bonchev–Trinajstić information content (AvgIpc) is 3.33. The predicted octanol–water partition coefficient (Wildman–Crippen LogP) is 3.80. The second kappa shape index (κ2) is 9.63. The van der Waals surface area contributed by atoms with Crippen molar-refractivity contribution in [2.75, 3.05) is 25.0 Å². The van der Waals surface area contributed by atoms with Gasteiger partial charge in [0, 0.05) is 36.3 Å². The molecular formula is C28H28N6O6. The van der Waals surface area contributed by atoms with Gasteiger partial charge in [-0.25, -0.2) is 4.79 Å². The van der Waals surface area contributed by atoms with Gasteiger partial charge in [0.15, 0.2) is 0 Å². The van der Waals surface area contributed by atoms with E-state index >= 15 is 0 Å². The Morgan fingerprint density at radius 2 is 1.95 bits per heavy atom. The van der Waals surface area contributed by atoms with Gasteiger partial charge in [0.1, 0.15) is 11.2 Å². The molecular weight excluding hydrogens is 516 g/mol. The fourth-order valence-corrected chi connectivity index (χ4v) is 4.97. The van der Waals surface area contributed by atoms with Crippen molar-refractivity contribution in [2.45, 2.75) is 31.8 Å². The van der Waals surface area contributed by atoms with Crippen LogP contribution in [0.25, 0.3) is 16.8 Å². The summed E-state index contributed by atoms with van der Waals surface area (Å²) in [5.74, 6) is -0.997. The number of hydrogen-bond acceptors (Lipinski definition) is 7. The van der Waals surface area contributed by atoms with Crippen molar-refractivity contribution in [1.82, 2.24) is 20.0 Å². The van der Waals surface area contributed by atoms with Crippen molar-refractivity contribution >= 4 is 29.4 Å². The number of likely N-dealkylation sites (tertiary alicyclic amines) is 1. The van der Waals surface area contributed by atoms with Crippen LogP contribution in [0.4, 0.5) is 16.3 Å². The lowest BCUT2D eigenvalue weighted by Gasteiger charge is -2.52. The van der Waals surface area contributed by atoms with Crippen LogP contribution < -0.4 is 10.6 Å². The van der Waals surface area contributed by atoms with Crippen LogP contribution in [-0.4, -0.2) is 62.7 Å². The Labute approximate surface area is 229 Å². The number of rotatable bonds is 5. The van der Waals surface area contributed by atoms with Crippen molar-refractivity contribution in [3.8, 4) is 16.8 Å². The molecule has 3 aromatic rings. The molecule has 0 unspecified atom stereocenters. The number of carbonyl (C=O) groups excluding carboxylic acids is 3. The lowest BCUT2D eigenvalue weighted by Crippen LogP contribution is -2.67. The van der Waals surface area contributed by atoms with E-state index in [9.17, 15) is 24.5 Å². The van der Waals surface area contributed by atoms with Gasteiger partial charge < -0.3 is 30.4 Å². The molecule has 2 aromatic carbocycles. The Hall–Kier alpha value is -5.00. The maximum absolute atomic E-state index is 12.7. The van der Waals surface area contributed by atoms with E-state index in [-0.39, 0.29) is 17.3 Å². The molecule has 0 radical (unpaired) electrons. The highest BCUT2D eigenvalue weighted by Gasteiger charge is 2.51. The molecule has 0 bridgehead atoms. The Bertz CT molecular complexity index is 1560. The van der Waals surface area contributed by atoms with E-state index in [0.717, 1.165) is 6.08 Å². The zero-order valence-electron chi connectivity index (χ0n) is 22.3. The van der Waals surface area contributed by atoms with Gasteiger partial charge in [-0.1, -0.05) is 18.7 Å². The highest BCUT2D eigenvalue weighted by Crippen LogP contribution is 2.42. The molecule has 0 atom stereocenters. The largest absolute Gasteiger partial charge is 0.444 e. The number of nitro groups is 1. The molecule has 12 nitrogen and oxygen atoms in total. The van der Waals surface area contributed by atoms with Crippen LogP contribution in [0.3, 0.4) is 0 Å².